The van der Waals surface area contributed by atoms with Crippen LogP contribution in [0, 0.1) is 5.21 Å². The third-order valence-electron chi connectivity index (χ3n) is 3.93. The highest BCUT2D eigenvalue weighted by Crippen LogP contribution is 2.30. The summed E-state index contributed by atoms with van der Waals surface area (Å²) < 4.78 is 4.85. The van der Waals surface area contributed by atoms with Gasteiger partial charge in [-0.1, -0.05) is 0 Å². The first kappa shape index (κ1) is 15.9. The highest BCUT2D eigenvalue weighted by molar-refractivity contribution is 5.77. The van der Waals surface area contributed by atoms with Crippen LogP contribution in [0.4, 0.5) is 11.4 Å². The van der Waals surface area contributed by atoms with Crippen molar-refractivity contribution in [3.8, 4) is 22.5 Å². The van der Waals surface area contributed by atoms with Gasteiger partial charge < -0.3 is 15.0 Å². The molecule has 0 atom stereocenters. The molecule has 1 aromatic heterocycles. The molecule has 0 aliphatic carbocycles. The molecular formula is C18H20N4O2. The zero-order valence-corrected chi connectivity index (χ0v) is 14.2. The second-order valence-electron chi connectivity index (χ2n) is 6.01. The van der Waals surface area contributed by atoms with E-state index >= 15 is 0 Å². The summed E-state index contributed by atoms with van der Waals surface area (Å²) in [4.78, 5) is 4.48. The van der Waals surface area contributed by atoms with Gasteiger partial charge in [-0.2, -0.15) is 0 Å². The molecular weight excluding hydrogens is 304 g/mol. The largest absolute Gasteiger partial charge is 0.378 e. The predicted molar refractivity (Wildman–Crippen MR) is 95.0 cm³/mol. The lowest BCUT2D eigenvalue weighted by molar-refractivity contribution is -0.793. The lowest BCUT2D eigenvalue weighted by Crippen LogP contribution is -2.25. The Labute approximate surface area is 141 Å². The number of aromatic nitrogens is 2. The predicted octanol–water partition coefficient (Wildman–Crippen LogP) is 2.77. The molecule has 6 nitrogen and oxygen atoms in total. The fourth-order valence-corrected chi connectivity index (χ4v) is 2.51. The van der Waals surface area contributed by atoms with E-state index in [1.165, 1.54) is 0 Å². The summed E-state index contributed by atoms with van der Waals surface area (Å²) in [7, 11) is 7.91. The van der Waals surface area contributed by atoms with Crippen molar-refractivity contribution in [3.63, 3.8) is 0 Å². The second-order valence-corrected chi connectivity index (χ2v) is 6.01. The summed E-state index contributed by atoms with van der Waals surface area (Å²) >= 11 is 0. The first-order chi connectivity index (χ1) is 11.5. The van der Waals surface area contributed by atoms with Crippen LogP contribution in [0.5, 0.6) is 0 Å². The summed E-state index contributed by atoms with van der Waals surface area (Å²) in [5.41, 5.74) is 4.69. The van der Waals surface area contributed by atoms with E-state index < -0.39 is 0 Å². The summed E-state index contributed by atoms with van der Waals surface area (Å²) in [5.74, 6) is 0. The second kappa shape index (κ2) is 6.23. The zero-order valence-electron chi connectivity index (χ0n) is 14.2. The molecule has 1 heterocycles. The van der Waals surface area contributed by atoms with Gasteiger partial charge in [-0.25, -0.2) is 0 Å². The third kappa shape index (κ3) is 2.90. The monoisotopic (exact) mass is 324 g/mol. The molecule has 0 fully saturated rings. The fraction of sp³-hybridized carbons (Fsp3) is 0.222. The van der Waals surface area contributed by atoms with Crippen LogP contribution >= 0.6 is 0 Å². The molecule has 0 bridgehead atoms. The van der Waals surface area contributed by atoms with E-state index in [9.17, 15) is 5.21 Å². The van der Waals surface area contributed by atoms with Gasteiger partial charge >= 0.3 is 0 Å². The molecule has 124 valence electrons. The molecule has 0 aliphatic rings. The first-order valence-corrected chi connectivity index (χ1v) is 7.62. The van der Waals surface area contributed by atoms with E-state index in [1.807, 2.05) is 86.5 Å². The maximum Gasteiger partial charge on any atom is 0.256 e. The van der Waals surface area contributed by atoms with Crippen molar-refractivity contribution >= 4 is 11.4 Å². The minimum Gasteiger partial charge on any atom is -0.378 e. The molecule has 0 amide bonds. The average molecular weight is 324 g/mol. The summed E-state index contributed by atoms with van der Waals surface area (Å²) in [6, 6.07) is 15.6. The number of anilines is 2. The van der Waals surface area contributed by atoms with Crippen LogP contribution in [0.2, 0.25) is 0 Å². The highest BCUT2D eigenvalue weighted by atomic mass is 16.8. The quantitative estimate of drug-likeness (QED) is 0.691. The molecule has 0 spiro atoms. The fourth-order valence-electron chi connectivity index (χ4n) is 2.51. The van der Waals surface area contributed by atoms with Gasteiger partial charge in [0, 0.05) is 55.8 Å². The molecule has 0 saturated heterocycles. The van der Waals surface area contributed by atoms with Crippen LogP contribution in [-0.2, 0) is 0 Å². The van der Waals surface area contributed by atoms with Crippen LogP contribution in [0.1, 0.15) is 0 Å². The van der Waals surface area contributed by atoms with E-state index in [2.05, 4.69) is 5.16 Å². The standard InChI is InChI=1S/C18H20N4O2/c1-20(2)15-9-5-13(6-10-15)17-18(22(23)24-19-17)14-7-11-16(12-8-14)21(3)4/h5-12H,1-4H3. The molecule has 6 heteroatoms. The van der Waals surface area contributed by atoms with Crippen LogP contribution in [-0.4, -0.2) is 33.3 Å². The van der Waals surface area contributed by atoms with Gasteiger partial charge in [0.2, 0.25) is 5.69 Å². The Balaban J connectivity index is 2.02. The van der Waals surface area contributed by atoms with Crippen molar-refractivity contribution in [1.29, 1.82) is 0 Å². The number of nitrogens with zero attached hydrogens (tertiary/aromatic N) is 4. The lowest BCUT2D eigenvalue weighted by Gasteiger charge is -2.12. The van der Waals surface area contributed by atoms with Gasteiger partial charge in [-0.15, -0.1) is 0 Å². The van der Waals surface area contributed by atoms with Gasteiger partial charge in [0.15, 0.2) is 0 Å². The molecule has 0 saturated carbocycles. The Morgan fingerprint density at radius 2 is 1.25 bits per heavy atom. The van der Waals surface area contributed by atoms with Gasteiger partial charge in [0.05, 0.1) is 0 Å². The highest BCUT2D eigenvalue weighted by Gasteiger charge is 2.22. The molecule has 2 aromatic carbocycles. The van der Waals surface area contributed by atoms with E-state index in [0.29, 0.717) is 16.3 Å². The van der Waals surface area contributed by atoms with Gasteiger partial charge in [-0.05, 0) is 53.4 Å². The van der Waals surface area contributed by atoms with Crippen molar-refractivity contribution in [2.24, 2.45) is 0 Å². The normalized spacial score (nSPS) is 10.7. The Morgan fingerprint density at radius 1 is 0.792 bits per heavy atom. The van der Waals surface area contributed by atoms with Crippen LogP contribution in [0.15, 0.2) is 53.2 Å². The van der Waals surface area contributed by atoms with Crippen molar-refractivity contribution in [3.05, 3.63) is 53.7 Å². The maximum absolute atomic E-state index is 12.1. The van der Waals surface area contributed by atoms with Crippen molar-refractivity contribution in [2.75, 3.05) is 38.0 Å². The first-order valence-electron chi connectivity index (χ1n) is 7.62. The maximum atomic E-state index is 12.1. The van der Waals surface area contributed by atoms with Crippen molar-refractivity contribution in [1.82, 2.24) is 5.16 Å². The zero-order chi connectivity index (χ0) is 17.3. The molecule has 3 aromatic rings. The molecule has 0 radical (unpaired) electrons. The van der Waals surface area contributed by atoms with Gasteiger partial charge in [0.1, 0.15) is 0 Å². The molecule has 24 heavy (non-hydrogen) atoms. The van der Waals surface area contributed by atoms with Crippen LogP contribution in [0.25, 0.3) is 22.5 Å². The Kier molecular flexibility index (Phi) is 4.12. The molecule has 0 aliphatic heterocycles. The SMILES string of the molecule is CN(C)c1ccc(-c2no[n+]([O-])c2-c2ccc(N(C)C)cc2)cc1. The lowest BCUT2D eigenvalue weighted by atomic mass is 10.0. The molecule has 3 rings (SSSR count). The number of benzene rings is 2. The Morgan fingerprint density at radius 3 is 1.71 bits per heavy atom. The Bertz CT molecular complexity index is 821. The number of rotatable bonds is 4. The number of hydrogen-bond donors (Lipinski definition) is 0. The topological polar surface area (TPSA) is 59.5 Å². The van der Waals surface area contributed by atoms with Crippen molar-refractivity contribution < 1.29 is 9.53 Å². The smallest absolute Gasteiger partial charge is 0.256 e. The van der Waals surface area contributed by atoms with E-state index in [4.69, 9.17) is 4.63 Å². The summed E-state index contributed by atoms with van der Waals surface area (Å²) in [6.07, 6.45) is 0. The third-order valence-corrected chi connectivity index (χ3v) is 3.93. The minimum absolute atomic E-state index is 0.415. The molecule has 0 unspecified atom stereocenters. The summed E-state index contributed by atoms with van der Waals surface area (Å²) in [6.45, 7) is 0. The van der Waals surface area contributed by atoms with Gasteiger partial charge in [-0.3, -0.25) is 4.63 Å². The number of hydrogen-bond acceptors (Lipinski definition) is 5. The summed E-state index contributed by atoms with van der Waals surface area (Å²) in [5, 5.41) is 16.0. The van der Waals surface area contributed by atoms with E-state index in [1.54, 1.807) is 0 Å². The van der Waals surface area contributed by atoms with E-state index in [-0.39, 0.29) is 0 Å². The van der Waals surface area contributed by atoms with E-state index in [0.717, 1.165) is 22.5 Å². The molecule has 0 N–H and O–H groups in total. The van der Waals surface area contributed by atoms with Gasteiger partial charge in [0.25, 0.3) is 5.69 Å². The van der Waals surface area contributed by atoms with Crippen LogP contribution < -0.4 is 14.7 Å². The van der Waals surface area contributed by atoms with Crippen LogP contribution in [0.3, 0.4) is 0 Å². The Hall–Kier alpha value is -3.02. The van der Waals surface area contributed by atoms with Crippen molar-refractivity contribution in [2.45, 2.75) is 0 Å². The average Bonchev–Trinajstić information content (AvgIpc) is 2.96. The minimum atomic E-state index is 0.415.